The molecule has 0 fully saturated rings. The van der Waals surface area contributed by atoms with Crippen molar-refractivity contribution in [1.29, 1.82) is 0 Å². The fourth-order valence-electron chi connectivity index (χ4n) is 1.30. The van der Waals surface area contributed by atoms with Gasteiger partial charge in [-0.1, -0.05) is 0 Å². The molecule has 1 aromatic heterocycles. The maximum Gasteiger partial charge on any atom is 0.258 e. The first-order valence-corrected chi connectivity index (χ1v) is 5.07. The zero-order valence-electron chi connectivity index (χ0n) is 7.80. The van der Waals surface area contributed by atoms with Crippen LogP contribution in [0.15, 0.2) is 33.9 Å². The molecule has 82 valence electrons. The molecule has 16 heavy (non-hydrogen) atoms. The molecule has 0 bridgehead atoms. The molecular formula is C10H5BrF2N2O. The number of hydrogen-bond donors (Lipinski definition) is 1. The molecule has 2 aromatic rings. The highest BCUT2D eigenvalue weighted by Crippen LogP contribution is 2.28. The first-order chi connectivity index (χ1) is 7.61. The summed E-state index contributed by atoms with van der Waals surface area (Å²) in [4.78, 5) is 17.3. The van der Waals surface area contributed by atoms with Gasteiger partial charge in [-0.3, -0.25) is 4.79 Å². The number of aromatic amines is 1. The van der Waals surface area contributed by atoms with Crippen LogP contribution in [0, 0.1) is 11.6 Å². The molecule has 6 heteroatoms. The molecule has 1 N–H and O–H groups in total. The first-order valence-electron chi connectivity index (χ1n) is 4.28. The SMILES string of the molecule is O=c1[nH]cncc1-c1c(F)ccc(Br)c1F. The third-order valence-electron chi connectivity index (χ3n) is 2.03. The predicted octanol–water partition coefficient (Wildman–Crippen LogP) is 2.48. The Bertz CT molecular complexity index is 598. The van der Waals surface area contributed by atoms with Crippen LogP contribution >= 0.6 is 15.9 Å². The molecule has 0 unspecified atom stereocenters. The molecular weight excluding hydrogens is 282 g/mol. The highest BCUT2D eigenvalue weighted by Gasteiger charge is 2.16. The quantitative estimate of drug-likeness (QED) is 0.819. The van der Waals surface area contributed by atoms with E-state index in [2.05, 4.69) is 25.9 Å². The second-order valence-corrected chi connectivity index (χ2v) is 3.87. The van der Waals surface area contributed by atoms with Gasteiger partial charge < -0.3 is 4.98 Å². The minimum atomic E-state index is -0.821. The van der Waals surface area contributed by atoms with Crippen LogP contribution in [0.25, 0.3) is 11.1 Å². The Kier molecular flexibility index (Phi) is 2.82. The highest BCUT2D eigenvalue weighted by molar-refractivity contribution is 9.10. The van der Waals surface area contributed by atoms with Crippen molar-refractivity contribution in [2.24, 2.45) is 0 Å². The molecule has 2 rings (SSSR count). The Balaban J connectivity index is 2.79. The summed E-state index contributed by atoms with van der Waals surface area (Å²) in [6, 6.07) is 2.31. The van der Waals surface area contributed by atoms with Gasteiger partial charge in [-0.15, -0.1) is 0 Å². The second-order valence-electron chi connectivity index (χ2n) is 3.01. The lowest BCUT2D eigenvalue weighted by molar-refractivity contribution is 0.585. The molecule has 0 radical (unpaired) electrons. The number of nitrogens with zero attached hydrogens (tertiary/aromatic N) is 1. The van der Waals surface area contributed by atoms with E-state index in [1.807, 2.05) is 0 Å². The smallest absolute Gasteiger partial charge is 0.258 e. The molecule has 0 aliphatic heterocycles. The van der Waals surface area contributed by atoms with Crippen LogP contribution in [0.2, 0.25) is 0 Å². The zero-order valence-corrected chi connectivity index (χ0v) is 9.38. The van der Waals surface area contributed by atoms with E-state index in [1.54, 1.807) is 0 Å². The summed E-state index contributed by atoms with van der Waals surface area (Å²) in [5.41, 5.74) is -1.12. The molecule has 0 amide bonds. The lowest BCUT2D eigenvalue weighted by atomic mass is 10.1. The van der Waals surface area contributed by atoms with Crippen LogP contribution in [0.3, 0.4) is 0 Å². The summed E-state index contributed by atoms with van der Waals surface area (Å²) in [5, 5.41) is 0. The summed E-state index contributed by atoms with van der Waals surface area (Å²) in [6.07, 6.45) is 2.27. The second kappa shape index (κ2) is 4.13. The van der Waals surface area contributed by atoms with Crippen molar-refractivity contribution in [3.05, 3.63) is 51.1 Å². The lowest BCUT2D eigenvalue weighted by Crippen LogP contribution is -2.10. The van der Waals surface area contributed by atoms with Gasteiger partial charge >= 0.3 is 0 Å². The van der Waals surface area contributed by atoms with Gasteiger partial charge in [0, 0.05) is 6.20 Å². The first kappa shape index (κ1) is 10.9. The van der Waals surface area contributed by atoms with Crippen molar-refractivity contribution in [3.8, 4) is 11.1 Å². The van der Waals surface area contributed by atoms with Crippen LogP contribution in [-0.2, 0) is 0 Å². The molecule has 0 atom stereocenters. The van der Waals surface area contributed by atoms with Crippen molar-refractivity contribution in [3.63, 3.8) is 0 Å². The summed E-state index contributed by atoms with van der Waals surface area (Å²) in [5.74, 6) is -1.63. The molecule has 0 saturated heterocycles. The molecule has 1 heterocycles. The molecule has 1 aromatic carbocycles. The van der Waals surface area contributed by atoms with Crippen molar-refractivity contribution >= 4 is 15.9 Å². The van der Waals surface area contributed by atoms with E-state index in [-0.39, 0.29) is 15.6 Å². The van der Waals surface area contributed by atoms with E-state index in [0.717, 1.165) is 18.6 Å². The van der Waals surface area contributed by atoms with Crippen LogP contribution in [0.1, 0.15) is 0 Å². The van der Waals surface area contributed by atoms with Crippen LogP contribution in [-0.4, -0.2) is 9.97 Å². The minimum Gasteiger partial charge on any atom is -0.313 e. The van der Waals surface area contributed by atoms with Gasteiger partial charge in [-0.2, -0.15) is 0 Å². The Hall–Kier alpha value is -1.56. The van der Waals surface area contributed by atoms with Crippen molar-refractivity contribution in [2.45, 2.75) is 0 Å². The van der Waals surface area contributed by atoms with Gasteiger partial charge in [0.25, 0.3) is 5.56 Å². The zero-order chi connectivity index (χ0) is 11.7. The van der Waals surface area contributed by atoms with Crippen molar-refractivity contribution < 1.29 is 8.78 Å². The lowest BCUT2D eigenvalue weighted by Gasteiger charge is -2.04. The largest absolute Gasteiger partial charge is 0.313 e. The number of halogens is 3. The summed E-state index contributed by atoms with van der Waals surface area (Å²) >= 11 is 2.93. The standard InChI is InChI=1S/C10H5BrF2N2O/c11-6-1-2-7(12)8(9(6)13)5-3-14-4-15-10(5)16/h1-4H,(H,14,15,16). The predicted molar refractivity (Wildman–Crippen MR) is 57.9 cm³/mol. The van der Waals surface area contributed by atoms with E-state index in [9.17, 15) is 13.6 Å². The third kappa shape index (κ3) is 1.76. The van der Waals surface area contributed by atoms with Crippen LogP contribution in [0.4, 0.5) is 8.78 Å². The number of H-pyrrole nitrogens is 1. The maximum atomic E-state index is 13.7. The van der Waals surface area contributed by atoms with Crippen molar-refractivity contribution in [2.75, 3.05) is 0 Å². The van der Waals surface area contributed by atoms with Gasteiger partial charge in [0.15, 0.2) is 0 Å². The van der Waals surface area contributed by atoms with E-state index < -0.39 is 17.2 Å². The Morgan fingerprint density at radius 1 is 1.31 bits per heavy atom. The van der Waals surface area contributed by atoms with Crippen LogP contribution < -0.4 is 5.56 Å². The van der Waals surface area contributed by atoms with E-state index in [1.165, 1.54) is 6.07 Å². The summed E-state index contributed by atoms with van der Waals surface area (Å²) < 4.78 is 27.2. The average Bonchev–Trinajstić information content (AvgIpc) is 2.27. The Morgan fingerprint density at radius 2 is 2.06 bits per heavy atom. The van der Waals surface area contributed by atoms with E-state index in [0.29, 0.717) is 0 Å². The average molecular weight is 287 g/mol. The van der Waals surface area contributed by atoms with Gasteiger partial charge in [0.05, 0.1) is 21.9 Å². The van der Waals surface area contributed by atoms with Crippen molar-refractivity contribution in [1.82, 2.24) is 9.97 Å². The Morgan fingerprint density at radius 3 is 2.75 bits per heavy atom. The number of benzene rings is 1. The summed E-state index contributed by atoms with van der Waals surface area (Å²) in [6.45, 7) is 0. The number of rotatable bonds is 1. The maximum absolute atomic E-state index is 13.7. The molecule has 0 saturated carbocycles. The minimum absolute atomic E-state index is 0.0900. The highest BCUT2D eigenvalue weighted by atomic mass is 79.9. The van der Waals surface area contributed by atoms with E-state index >= 15 is 0 Å². The monoisotopic (exact) mass is 286 g/mol. The number of aromatic nitrogens is 2. The number of nitrogens with one attached hydrogen (secondary N) is 1. The van der Waals surface area contributed by atoms with Gasteiger partial charge in [0.2, 0.25) is 0 Å². The molecule has 0 spiro atoms. The summed E-state index contributed by atoms with van der Waals surface area (Å²) in [7, 11) is 0. The van der Waals surface area contributed by atoms with Crippen LogP contribution in [0.5, 0.6) is 0 Å². The Labute approximate surface area is 97.3 Å². The fourth-order valence-corrected chi connectivity index (χ4v) is 1.63. The molecule has 0 aliphatic rings. The van der Waals surface area contributed by atoms with E-state index in [4.69, 9.17) is 0 Å². The topological polar surface area (TPSA) is 45.8 Å². The molecule has 3 nitrogen and oxygen atoms in total. The normalized spacial score (nSPS) is 10.4. The number of hydrogen-bond acceptors (Lipinski definition) is 2. The van der Waals surface area contributed by atoms with Gasteiger partial charge in [-0.25, -0.2) is 13.8 Å². The third-order valence-corrected chi connectivity index (χ3v) is 2.64. The van der Waals surface area contributed by atoms with Gasteiger partial charge in [0.1, 0.15) is 11.6 Å². The fraction of sp³-hybridized carbons (Fsp3) is 0. The van der Waals surface area contributed by atoms with Gasteiger partial charge in [-0.05, 0) is 28.1 Å². The molecule has 0 aliphatic carbocycles.